The molecular weight excluding hydrogens is 320 g/mol. The van der Waals surface area contributed by atoms with E-state index in [2.05, 4.69) is 15.3 Å². The van der Waals surface area contributed by atoms with Crippen LogP contribution in [0.5, 0.6) is 0 Å². The van der Waals surface area contributed by atoms with Gasteiger partial charge in [0.1, 0.15) is 0 Å². The molecule has 0 radical (unpaired) electrons. The van der Waals surface area contributed by atoms with E-state index in [1.54, 1.807) is 0 Å². The van der Waals surface area contributed by atoms with Gasteiger partial charge in [0.2, 0.25) is 5.91 Å². The number of aromatic nitrogens is 2. The van der Waals surface area contributed by atoms with E-state index in [0.717, 1.165) is 56.8 Å². The Bertz CT molecular complexity index is 583. The van der Waals surface area contributed by atoms with Gasteiger partial charge in [-0.2, -0.15) is 5.10 Å². The molecule has 1 aliphatic carbocycles. The Labute approximate surface area is 149 Å². The van der Waals surface area contributed by atoms with Crippen LogP contribution in [0.15, 0.2) is 6.20 Å². The average Bonchev–Trinajstić information content (AvgIpc) is 2.94. The number of hydrogen-bond acceptors (Lipinski definition) is 5. The van der Waals surface area contributed by atoms with Gasteiger partial charge >= 0.3 is 0 Å². The van der Waals surface area contributed by atoms with Crippen LogP contribution in [0.3, 0.4) is 0 Å². The summed E-state index contributed by atoms with van der Waals surface area (Å²) in [5.41, 5.74) is 2.20. The largest absolute Gasteiger partial charge is 0.389 e. The molecule has 0 unspecified atom stereocenters. The van der Waals surface area contributed by atoms with Crippen molar-refractivity contribution in [1.29, 1.82) is 0 Å². The van der Waals surface area contributed by atoms with Gasteiger partial charge in [-0.1, -0.05) is 0 Å². The highest BCUT2D eigenvalue weighted by molar-refractivity contribution is 5.76. The van der Waals surface area contributed by atoms with Gasteiger partial charge in [-0.05, 0) is 38.2 Å². The zero-order chi connectivity index (χ0) is 17.8. The van der Waals surface area contributed by atoms with Crippen molar-refractivity contribution in [3.05, 3.63) is 17.5 Å². The molecule has 3 atom stereocenters. The molecular formula is C18H30N4O3. The molecule has 0 bridgehead atoms. The molecule has 140 valence electrons. The molecule has 0 spiro atoms. The molecule has 1 aromatic heterocycles. The van der Waals surface area contributed by atoms with Crippen LogP contribution in [0.25, 0.3) is 0 Å². The van der Waals surface area contributed by atoms with Crippen LogP contribution in [0.4, 0.5) is 0 Å². The number of hydrogen-bond donors (Lipinski definition) is 2. The third-order valence-corrected chi connectivity index (χ3v) is 5.64. The Morgan fingerprint density at radius 2 is 2.16 bits per heavy atom. The molecule has 7 nitrogen and oxygen atoms in total. The first-order valence-electron chi connectivity index (χ1n) is 9.33. The van der Waals surface area contributed by atoms with Crippen LogP contribution in [0, 0.1) is 6.92 Å². The smallest absolute Gasteiger partial charge is 0.220 e. The Morgan fingerprint density at radius 3 is 2.84 bits per heavy atom. The Balaban J connectivity index is 1.50. The minimum absolute atomic E-state index is 0.00919. The van der Waals surface area contributed by atoms with Crippen LogP contribution >= 0.6 is 0 Å². The zero-order valence-corrected chi connectivity index (χ0v) is 15.3. The number of nitrogens with zero attached hydrogens (tertiary/aromatic N) is 3. The van der Waals surface area contributed by atoms with Crippen LogP contribution in [0.1, 0.15) is 36.9 Å². The summed E-state index contributed by atoms with van der Waals surface area (Å²) < 4.78 is 7.23. The molecule has 7 heteroatoms. The third-order valence-electron chi connectivity index (χ3n) is 5.64. The number of aryl methyl sites for hydroxylation is 2. The number of ether oxygens (including phenoxy) is 1. The lowest BCUT2D eigenvalue weighted by Gasteiger charge is -2.43. The minimum Gasteiger partial charge on any atom is -0.389 e. The predicted octanol–water partition coefficient (Wildman–Crippen LogP) is 0.392. The van der Waals surface area contributed by atoms with Crippen molar-refractivity contribution in [3.63, 3.8) is 0 Å². The SMILES string of the molecule is Cc1c(CCC(=O)N[C@@H]2CCC[C@@H](N3CCOCC3)[C@@H]2O)cnn1C. The van der Waals surface area contributed by atoms with Crippen molar-refractivity contribution in [2.24, 2.45) is 7.05 Å². The molecule has 2 N–H and O–H groups in total. The van der Waals surface area contributed by atoms with E-state index in [9.17, 15) is 9.90 Å². The van der Waals surface area contributed by atoms with Crippen LogP contribution in [0.2, 0.25) is 0 Å². The van der Waals surface area contributed by atoms with Crippen molar-refractivity contribution in [1.82, 2.24) is 20.0 Å². The average molecular weight is 350 g/mol. The van der Waals surface area contributed by atoms with Gasteiger partial charge in [-0.3, -0.25) is 14.4 Å². The van der Waals surface area contributed by atoms with Gasteiger partial charge in [0.05, 0.1) is 31.6 Å². The zero-order valence-electron chi connectivity index (χ0n) is 15.3. The molecule has 25 heavy (non-hydrogen) atoms. The highest BCUT2D eigenvalue weighted by Crippen LogP contribution is 2.24. The van der Waals surface area contributed by atoms with E-state index in [1.165, 1.54) is 0 Å². The van der Waals surface area contributed by atoms with Crippen molar-refractivity contribution in [2.45, 2.75) is 57.2 Å². The predicted molar refractivity (Wildman–Crippen MR) is 94.2 cm³/mol. The van der Waals surface area contributed by atoms with E-state index < -0.39 is 6.10 Å². The van der Waals surface area contributed by atoms with Gasteiger partial charge in [0.15, 0.2) is 0 Å². The van der Waals surface area contributed by atoms with Crippen molar-refractivity contribution in [2.75, 3.05) is 26.3 Å². The summed E-state index contributed by atoms with van der Waals surface area (Å²) in [6.45, 7) is 5.19. The quantitative estimate of drug-likeness (QED) is 0.803. The summed E-state index contributed by atoms with van der Waals surface area (Å²) in [7, 11) is 1.91. The molecule has 1 saturated heterocycles. The van der Waals surface area contributed by atoms with Gasteiger partial charge in [-0.25, -0.2) is 0 Å². The topological polar surface area (TPSA) is 79.6 Å². The maximum atomic E-state index is 12.3. The first-order valence-corrected chi connectivity index (χ1v) is 9.33. The number of rotatable bonds is 5. The summed E-state index contributed by atoms with van der Waals surface area (Å²) in [5, 5.41) is 18.0. The maximum absolute atomic E-state index is 12.3. The second kappa shape index (κ2) is 8.29. The molecule has 2 aliphatic rings. The van der Waals surface area contributed by atoms with E-state index in [0.29, 0.717) is 12.8 Å². The Morgan fingerprint density at radius 1 is 1.40 bits per heavy atom. The van der Waals surface area contributed by atoms with Gasteiger partial charge in [0, 0.05) is 38.3 Å². The number of aliphatic hydroxyl groups is 1. The van der Waals surface area contributed by atoms with Crippen LogP contribution in [-0.4, -0.2) is 70.2 Å². The molecule has 1 saturated carbocycles. The summed E-state index contributed by atoms with van der Waals surface area (Å²) >= 11 is 0. The Hall–Kier alpha value is -1.44. The minimum atomic E-state index is -0.504. The summed E-state index contributed by atoms with van der Waals surface area (Å²) in [6, 6.07) is -0.0207. The standard InChI is InChI=1S/C18H30N4O3/c1-13-14(12-19-21(13)2)6-7-17(23)20-15-4-3-5-16(18(15)24)22-8-10-25-11-9-22/h12,15-16,18,24H,3-11H2,1-2H3,(H,20,23)/t15-,16-,18-/m1/s1. The third kappa shape index (κ3) is 4.40. The fourth-order valence-electron chi connectivity index (χ4n) is 3.94. The lowest BCUT2D eigenvalue weighted by atomic mass is 9.86. The first-order chi connectivity index (χ1) is 12.1. The number of aliphatic hydroxyl groups excluding tert-OH is 1. The van der Waals surface area contributed by atoms with Crippen LogP contribution < -0.4 is 5.32 Å². The van der Waals surface area contributed by atoms with E-state index in [4.69, 9.17) is 4.74 Å². The first kappa shape index (κ1) is 18.4. The lowest BCUT2D eigenvalue weighted by Crippen LogP contribution is -2.58. The van der Waals surface area contributed by atoms with Crippen molar-refractivity contribution in [3.8, 4) is 0 Å². The molecule has 1 aliphatic heterocycles. The molecule has 1 amide bonds. The maximum Gasteiger partial charge on any atom is 0.220 e. The normalized spacial score (nSPS) is 28.0. The second-order valence-corrected chi connectivity index (χ2v) is 7.19. The van der Waals surface area contributed by atoms with Crippen LogP contribution in [-0.2, 0) is 23.0 Å². The van der Waals surface area contributed by atoms with E-state index >= 15 is 0 Å². The Kier molecular flexibility index (Phi) is 6.09. The van der Waals surface area contributed by atoms with E-state index in [1.807, 2.05) is 24.9 Å². The highest BCUT2D eigenvalue weighted by Gasteiger charge is 2.36. The van der Waals surface area contributed by atoms with Gasteiger partial charge < -0.3 is 15.2 Å². The molecule has 3 rings (SSSR count). The summed E-state index contributed by atoms with van der Waals surface area (Å²) in [6.07, 6.45) is 5.30. The number of morpholine rings is 1. The number of amides is 1. The number of nitrogens with one attached hydrogen (secondary N) is 1. The highest BCUT2D eigenvalue weighted by atomic mass is 16.5. The summed E-state index contributed by atoms with van der Waals surface area (Å²) in [4.78, 5) is 14.7. The molecule has 2 heterocycles. The summed E-state index contributed by atoms with van der Waals surface area (Å²) in [5.74, 6) is 0.00919. The fourth-order valence-corrected chi connectivity index (χ4v) is 3.94. The molecule has 0 aromatic carbocycles. The van der Waals surface area contributed by atoms with E-state index in [-0.39, 0.29) is 18.0 Å². The van der Waals surface area contributed by atoms with Gasteiger partial charge in [-0.15, -0.1) is 0 Å². The second-order valence-electron chi connectivity index (χ2n) is 7.19. The number of carbonyl (C=O) groups excluding carboxylic acids is 1. The van der Waals surface area contributed by atoms with Gasteiger partial charge in [0.25, 0.3) is 0 Å². The van der Waals surface area contributed by atoms with Crippen molar-refractivity contribution < 1.29 is 14.6 Å². The molecule has 1 aromatic rings. The monoisotopic (exact) mass is 350 g/mol. The van der Waals surface area contributed by atoms with Crippen molar-refractivity contribution >= 4 is 5.91 Å². The lowest BCUT2D eigenvalue weighted by molar-refractivity contribution is -0.124. The molecule has 2 fully saturated rings. The number of carbonyl (C=O) groups is 1. The fraction of sp³-hybridized carbons (Fsp3) is 0.778.